The number of esters is 1. The van der Waals surface area contributed by atoms with Crippen LogP contribution in [0.15, 0.2) is 0 Å². The molecule has 0 aromatic carbocycles. The SMILES string of the molecule is CCOC(=O)CC(O)[C@@H](NC(=O)OC(C)(C)C)[C@@H](C)CC. The Morgan fingerprint density at radius 2 is 1.81 bits per heavy atom. The molecule has 3 atom stereocenters. The molecule has 0 aromatic rings. The number of amides is 1. The van der Waals surface area contributed by atoms with E-state index in [4.69, 9.17) is 9.47 Å². The number of aliphatic hydroxyl groups is 1. The fourth-order valence-corrected chi connectivity index (χ4v) is 1.83. The van der Waals surface area contributed by atoms with Crippen LogP contribution in [0.5, 0.6) is 0 Å². The zero-order valence-corrected chi connectivity index (χ0v) is 13.9. The molecule has 6 nitrogen and oxygen atoms in total. The number of ether oxygens (including phenoxy) is 2. The molecule has 0 saturated carbocycles. The topological polar surface area (TPSA) is 84.9 Å². The summed E-state index contributed by atoms with van der Waals surface area (Å²) in [4.78, 5) is 23.3. The van der Waals surface area contributed by atoms with Crippen molar-refractivity contribution in [2.75, 3.05) is 6.61 Å². The molecule has 0 bridgehead atoms. The van der Waals surface area contributed by atoms with Crippen LogP contribution < -0.4 is 5.32 Å². The minimum absolute atomic E-state index is 0.00180. The minimum atomic E-state index is -1.01. The van der Waals surface area contributed by atoms with Crippen LogP contribution in [-0.4, -0.2) is 41.5 Å². The van der Waals surface area contributed by atoms with Gasteiger partial charge in [0.2, 0.25) is 0 Å². The number of carbonyl (C=O) groups excluding carboxylic acids is 2. The molecular weight excluding hydrogens is 274 g/mol. The smallest absolute Gasteiger partial charge is 0.407 e. The van der Waals surface area contributed by atoms with Gasteiger partial charge in [0.25, 0.3) is 0 Å². The van der Waals surface area contributed by atoms with Crippen LogP contribution in [0.2, 0.25) is 0 Å². The fourth-order valence-electron chi connectivity index (χ4n) is 1.83. The molecule has 1 unspecified atom stereocenters. The van der Waals surface area contributed by atoms with Gasteiger partial charge in [-0.2, -0.15) is 0 Å². The van der Waals surface area contributed by atoms with Gasteiger partial charge in [-0.25, -0.2) is 4.79 Å². The summed E-state index contributed by atoms with van der Waals surface area (Å²) in [5.41, 5.74) is -0.615. The number of nitrogens with one attached hydrogen (secondary N) is 1. The Morgan fingerprint density at radius 1 is 1.24 bits per heavy atom. The van der Waals surface area contributed by atoms with Crippen molar-refractivity contribution >= 4 is 12.1 Å². The maximum atomic E-state index is 11.8. The third kappa shape index (κ3) is 8.55. The highest BCUT2D eigenvalue weighted by Crippen LogP contribution is 2.16. The monoisotopic (exact) mass is 303 g/mol. The number of rotatable bonds is 7. The van der Waals surface area contributed by atoms with Crippen molar-refractivity contribution in [3.63, 3.8) is 0 Å². The van der Waals surface area contributed by atoms with Crippen LogP contribution in [0.25, 0.3) is 0 Å². The lowest BCUT2D eigenvalue weighted by molar-refractivity contribution is -0.146. The van der Waals surface area contributed by atoms with Gasteiger partial charge in [0.05, 0.1) is 25.2 Å². The van der Waals surface area contributed by atoms with Gasteiger partial charge in [0, 0.05) is 0 Å². The average molecular weight is 303 g/mol. The molecule has 0 radical (unpaired) electrons. The van der Waals surface area contributed by atoms with Crippen LogP contribution in [0.3, 0.4) is 0 Å². The lowest BCUT2D eigenvalue weighted by atomic mass is 9.93. The van der Waals surface area contributed by atoms with Crippen LogP contribution in [-0.2, 0) is 14.3 Å². The van der Waals surface area contributed by atoms with Gasteiger partial charge < -0.3 is 19.9 Å². The highest BCUT2D eigenvalue weighted by atomic mass is 16.6. The van der Waals surface area contributed by atoms with E-state index in [0.717, 1.165) is 6.42 Å². The lowest BCUT2D eigenvalue weighted by Crippen LogP contribution is -2.49. The normalized spacial score (nSPS) is 15.8. The summed E-state index contributed by atoms with van der Waals surface area (Å²) < 4.78 is 10.0. The molecular formula is C15H29NO5. The summed E-state index contributed by atoms with van der Waals surface area (Å²) in [5, 5.41) is 12.8. The van der Waals surface area contributed by atoms with Crippen molar-refractivity contribution in [1.29, 1.82) is 0 Å². The van der Waals surface area contributed by atoms with Crippen LogP contribution >= 0.6 is 0 Å². The number of hydrogen-bond acceptors (Lipinski definition) is 5. The highest BCUT2D eigenvalue weighted by Gasteiger charge is 2.30. The zero-order chi connectivity index (χ0) is 16.6. The van der Waals surface area contributed by atoms with Crippen molar-refractivity contribution in [3.8, 4) is 0 Å². The van der Waals surface area contributed by atoms with Gasteiger partial charge in [0.1, 0.15) is 5.60 Å². The van der Waals surface area contributed by atoms with E-state index in [-0.39, 0.29) is 18.9 Å². The first-order chi connectivity index (χ1) is 9.60. The van der Waals surface area contributed by atoms with E-state index in [2.05, 4.69) is 5.32 Å². The van der Waals surface area contributed by atoms with E-state index < -0.39 is 29.8 Å². The van der Waals surface area contributed by atoms with Gasteiger partial charge in [0.15, 0.2) is 0 Å². The lowest BCUT2D eigenvalue weighted by Gasteiger charge is -2.30. The predicted octanol–water partition coefficient (Wildman–Crippen LogP) is 2.24. The maximum Gasteiger partial charge on any atom is 0.407 e. The number of alkyl carbamates (subject to hydrolysis) is 1. The van der Waals surface area contributed by atoms with Gasteiger partial charge in [-0.3, -0.25) is 4.79 Å². The molecule has 0 spiro atoms. The summed E-state index contributed by atoms with van der Waals surface area (Å²) in [6, 6.07) is -0.561. The van der Waals surface area contributed by atoms with Gasteiger partial charge in [-0.05, 0) is 33.6 Å². The molecule has 6 heteroatoms. The number of carbonyl (C=O) groups is 2. The van der Waals surface area contributed by atoms with Crippen molar-refractivity contribution in [2.24, 2.45) is 5.92 Å². The fraction of sp³-hybridized carbons (Fsp3) is 0.867. The third-order valence-electron chi connectivity index (χ3n) is 3.04. The predicted molar refractivity (Wildman–Crippen MR) is 79.9 cm³/mol. The molecule has 0 heterocycles. The van der Waals surface area contributed by atoms with E-state index in [1.54, 1.807) is 27.7 Å². The molecule has 124 valence electrons. The Labute approximate surface area is 127 Å². The molecule has 0 aliphatic carbocycles. The summed E-state index contributed by atoms with van der Waals surface area (Å²) in [6.07, 6.45) is -1.01. The molecule has 1 amide bonds. The first kappa shape index (κ1) is 19.7. The Kier molecular flexibility index (Phi) is 8.32. The second kappa shape index (κ2) is 8.87. The average Bonchev–Trinajstić information content (AvgIpc) is 2.32. The molecule has 2 N–H and O–H groups in total. The standard InChI is InChI=1S/C15H29NO5/c1-7-10(3)13(11(17)9-12(18)20-8-2)16-14(19)21-15(4,5)6/h10-11,13,17H,7-9H2,1-6H3,(H,16,19)/t10-,11?,13-/m0/s1. The first-order valence-electron chi connectivity index (χ1n) is 7.43. The number of hydrogen-bond donors (Lipinski definition) is 2. The second-order valence-corrected chi connectivity index (χ2v) is 6.13. The molecule has 0 fully saturated rings. The molecule has 0 aromatic heterocycles. The molecule has 0 aliphatic heterocycles. The third-order valence-corrected chi connectivity index (χ3v) is 3.04. The molecule has 21 heavy (non-hydrogen) atoms. The van der Waals surface area contributed by atoms with Gasteiger partial charge >= 0.3 is 12.1 Å². The van der Waals surface area contributed by atoms with Crippen molar-refractivity contribution in [1.82, 2.24) is 5.32 Å². The molecule has 0 aliphatic rings. The second-order valence-electron chi connectivity index (χ2n) is 6.13. The minimum Gasteiger partial charge on any atom is -0.466 e. The quantitative estimate of drug-likeness (QED) is 0.705. The van der Waals surface area contributed by atoms with E-state index in [9.17, 15) is 14.7 Å². The van der Waals surface area contributed by atoms with Crippen molar-refractivity contribution in [3.05, 3.63) is 0 Å². The van der Waals surface area contributed by atoms with E-state index >= 15 is 0 Å². The van der Waals surface area contributed by atoms with E-state index in [1.807, 2.05) is 13.8 Å². The van der Waals surface area contributed by atoms with Crippen molar-refractivity contribution in [2.45, 2.75) is 72.1 Å². The maximum absolute atomic E-state index is 11.8. The van der Waals surface area contributed by atoms with Crippen LogP contribution in [0.4, 0.5) is 4.79 Å². The summed E-state index contributed by atoms with van der Waals surface area (Å²) >= 11 is 0. The van der Waals surface area contributed by atoms with Crippen LogP contribution in [0.1, 0.15) is 54.4 Å². The Hall–Kier alpha value is -1.30. The Balaban J connectivity index is 4.72. The number of aliphatic hydroxyl groups excluding tert-OH is 1. The summed E-state index contributed by atoms with van der Waals surface area (Å²) in [5.74, 6) is -0.480. The van der Waals surface area contributed by atoms with E-state index in [1.165, 1.54) is 0 Å². The first-order valence-corrected chi connectivity index (χ1v) is 7.43. The Bertz CT molecular complexity index is 337. The summed E-state index contributed by atoms with van der Waals surface area (Å²) in [6.45, 7) is 11.1. The zero-order valence-electron chi connectivity index (χ0n) is 13.9. The van der Waals surface area contributed by atoms with Crippen LogP contribution in [0, 0.1) is 5.92 Å². The molecule has 0 rings (SSSR count). The van der Waals surface area contributed by atoms with Crippen molar-refractivity contribution < 1.29 is 24.2 Å². The van der Waals surface area contributed by atoms with Gasteiger partial charge in [-0.15, -0.1) is 0 Å². The van der Waals surface area contributed by atoms with E-state index in [0.29, 0.717) is 0 Å². The molecule has 0 saturated heterocycles. The van der Waals surface area contributed by atoms with Gasteiger partial charge in [-0.1, -0.05) is 20.3 Å². The highest BCUT2D eigenvalue weighted by molar-refractivity contribution is 5.71. The summed E-state index contributed by atoms with van der Waals surface area (Å²) in [7, 11) is 0. The Morgan fingerprint density at radius 3 is 2.24 bits per heavy atom. The largest absolute Gasteiger partial charge is 0.466 e.